The third kappa shape index (κ3) is 4.50. The van der Waals surface area contributed by atoms with Gasteiger partial charge >= 0.3 is 0 Å². The standard InChI is InChI=1S/C20H28N6OS/c1-13-11-17(25-20-22-12-14(2)28-20)24-18(23-13)15-6-9-26(10-7-15)19(27)16-5-3-4-8-21-16/h11-12,15-16,21H,3-10H2,1-2H3,(H,22,23,24,25)/t16-/m0/s1. The zero-order chi connectivity index (χ0) is 19.5. The van der Waals surface area contributed by atoms with Gasteiger partial charge in [0.1, 0.15) is 11.6 Å². The van der Waals surface area contributed by atoms with Crippen LogP contribution in [0.2, 0.25) is 0 Å². The number of rotatable bonds is 4. The molecule has 2 aliphatic heterocycles. The summed E-state index contributed by atoms with van der Waals surface area (Å²) in [5, 5.41) is 7.52. The molecule has 2 fully saturated rings. The highest BCUT2D eigenvalue weighted by atomic mass is 32.1. The van der Waals surface area contributed by atoms with Gasteiger partial charge in [0.2, 0.25) is 5.91 Å². The summed E-state index contributed by atoms with van der Waals surface area (Å²) in [6.45, 7) is 6.56. The minimum atomic E-state index is 0.0121. The molecule has 0 aromatic carbocycles. The highest BCUT2D eigenvalue weighted by Crippen LogP contribution is 2.28. The number of hydrogen-bond acceptors (Lipinski definition) is 7. The molecule has 7 nitrogen and oxygen atoms in total. The van der Waals surface area contributed by atoms with Crippen LogP contribution in [0.5, 0.6) is 0 Å². The van der Waals surface area contributed by atoms with Crippen molar-refractivity contribution in [3.63, 3.8) is 0 Å². The third-order valence-corrected chi connectivity index (χ3v) is 6.34. The van der Waals surface area contributed by atoms with Gasteiger partial charge in [0.05, 0.1) is 6.04 Å². The Bertz CT molecular complexity index is 824. The molecule has 0 spiro atoms. The Hall–Kier alpha value is -2.06. The number of anilines is 2. The third-order valence-electron chi connectivity index (χ3n) is 5.51. The van der Waals surface area contributed by atoms with Crippen molar-refractivity contribution in [3.8, 4) is 0 Å². The van der Waals surface area contributed by atoms with Crippen molar-refractivity contribution in [1.82, 2.24) is 25.2 Å². The van der Waals surface area contributed by atoms with E-state index in [1.807, 2.05) is 31.0 Å². The number of thiazole rings is 1. The van der Waals surface area contributed by atoms with E-state index in [2.05, 4.69) is 20.6 Å². The van der Waals surface area contributed by atoms with Gasteiger partial charge in [0.25, 0.3) is 0 Å². The first-order valence-electron chi connectivity index (χ1n) is 10.2. The summed E-state index contributed by atoms with van der Waals surface area (Å²) < 4.78 is 0. The minimum absolute atomic E-state index is 0.0121. The van der Waals surface area contributed by atoms with Crippen LogP contribution in [0.4, 0.5) is 10.9 Å². The van der Waals surface area contributed by atoms with E-state index >= 15 is 0 Å². The zero-order valence-corrected chi connectivity index (χ0v) is 17.4. The molecule has 0 unspecified atom stereocenters. The molecule has 2 aromatic rings. The molecule has 0 radical (unpaired) electrons. The predicted octanol–water partition coefficient (Wildman–Crippen LogP) is 3.14. The van der Waals surface area contributed by atoms with Gasteiger partial charge in [0.15, 0.2) is 5.13 Å². The Morgan fingerprint density at radius 2 is 2.04 bits per heavy atom. The summed E-state index contributed by atoms with van der Waals surface area (Å²) in [7, 11) is 0. The molecule has 1 amide bonds. The number of amides is 1. The van der Waals surface area contributed by atoms with Crippen molar-refractivity contribution >= 4 is 28.2 Å². The van der Waals surface area contributed by atoms with Gasteiger partial charge in [-0.3, -0.25) is 4.79 Å². The summed E-state index contributed by atoms with van der Waals surface area (Å²) in [5.74, 6) is 2.23. The number of piperidine rings is 2. The normalized spacial score (nSPS) is 20.9. The van der Waals surface area contributed by atoms with E-state index in [1.165, 1.54) is 6.42 Å². The minimum Gasteiger partial charge on any atom is -0.341 e. The monoisotopic (exact) mass is 400 g/mol. The lowest BCUT2D eigenvalue weighted by Gasteiger charge is -2.35. The van der Waals surface area contributed by atoms with E-state index in [-0.39, 0.29) is 11.9 Å². The Kier molecular flexibility index (Phi) is 5.87. The van der Waals surface area contributed by atoms with Gasteiger partial charge in [-0.2, -0.15) is 0 Å². The van der Waals surface area contributed by atoms with Gasteiger partial charge in [-0.05, 0) is 46.1 Å². The number of carbonyl (C=O) groups excluding carboxylic acids is 1. The number of hydrogen-bond donors (Lipinski definition) is 2. The second kappa shape index (κ2) is 8.53. The quantitative estimate of drug-likeness (QED) is 0.820. The smallest absolute Gasteiger partial charge is 0.239 e. The Morgan fingerprint density at radius 1 is 1.21 bits per heavy atom. The van der Waals surface area contributed by atoms with E-state index in [4.69, 9.17) is 4.98 Å². The van der Waals surface area contributed by atoms with Crippen molar-refractivity contribution in [3.05, 3.63) is 28.7 Å². The fourth-order valence-electron chi connectivity index (χ4n) is 4.00. The molecule has 150 valence electrons. The lowest BCUT2D eigenvalue weighted by molar-refractivity contribution is -0.135. The molecule has 4 heterocycles. The van der Waals surface area contributed by atoms with Crippen molar-refractivity contribution in [2.45, 2.75) is 57.9 Å². The maximum atomic E-state index is 12.7. The fraction of sp³-hybridized carbons (Fsp3) is 0.600. The van der Waals surface area contributed by atoms with E-state index in [0.29, 0.717) is 5.92 Å². The summed E-state index contributed by atoms with van der Waals surface area (Å²) in [6.07, 6.45) is 6.97. The number of carbonyl (C=O) groups is 1. The number of likely N-dealkylation sites (tertiary alicyclic amines) is 1. The summed E-state index contributed by atoms with van der Waals surface area (Å²) in [4.78, 5) is 29.7. The molecule has 2 aliphatic rings. The maximum absolute atomic E-state index is 12.7. The Balaban J connectivity index is 1.39. The zero-order valence-electron chi connectivity index (χ0n) is 16.6. The molecule has 0 saturated carbocycles. The van der Waals surface area contributed by atoms with Gasteiger partial charge in [0, 0.05) is 41.8 Å². The summed E-state index contributed by atoms with van der Waals surface area (Å²) >= 11 is 1.61. The first kappa shape index (κ1) is 19.3. The molecule has 2 N–H and O–H groups in total. The van der Waals surface area contributed by atoms with Crippen LogP contribution in [0.1, 0.15) is 54.4 Å². The first-order chi connectivity index (χ1) is 13.6. The van der Waals surface area contributed by atoms with E-state index in [9.17, 15) is 4.79 Å². The number of aryl methyl sites for hydroxylation is 2. The Labute approximate surface area is 170 Å². The van der Waals surface area contributed by atoms with E-state index in [0.717, 1.165) is 72.7 Å². The van der Waals surface area contributed by atoms with Crippen molar-refractivity contribution in [2.75, 3.05) is 25.0 Å². The molecule has 2 saturated heterocycles. The number of aromatic nitrogens is 3. The molecule has 28 heavy (non-hydrogen) atoms. The van der Waals surface area contributed by atoms with Crippen molar-refractivity contribution in [2.24, 2.45) is 0 Å². The molecule has 4 rings (SSSR count). The summed E-state index contributed by atoms with van der Waals surface area (Å²) in [6, 6.07) is 1.96. The van der Waals surface area contributed by atoms with E-state index in [1.54, 1.807) is 11.3 Å². The fourth-order valence-corrected chi connectivity index (χ4v) is 4.67. The van der Waals surface area contributed by atoms with Gasteiger partial charge in [-0.1, -0.05) is 6.42 Å². The molecule has 8 heteroatoms. The molecule has 0 bridgehead atoms. The number of nitrogens with zero attached hydrogens (tertiary/aromatic N) is 4. The maximum Gasteiger partial charge on any atom is 0.239 e. The molecule has 1 atom stereocenters. The van der Waals surface area contributed by atoms with Gasteiger partial charge in [-0.25, -0.2) is 15.0 Å². The lowest BCUT2D eigenvalue weighted by Crippen LogP contribution is -2.50. The first-order valence-corrected chi connectivity index (χ1v) is 11.0. The average molecular weight is 401 g/mol. The molecular weight excluding hydrogens is 372 g/mol. The second-order valence-electron chi connectivity index (χ2n) is 7.76. The lowest BCUT2D eigenvalue weighted by atomic mass is 9.94. The summed E-state index contributed by atoms with van der Waals surface area (Å²) in [5.41, 5.74) is 0.950. The van der Waals surface area contributed by atoms with Crippen LogP contribution >= 0.6 is 11.3 Å². The molecular formula is C20H28N6OS. The van der Waals surface area contributed by atoms with Crippen LogP contribution < -0.4 is 10.6 Å². The van der Waals surface area contributed by atoms with Crippen molar-refractivity contribution < 1.29 is 4.79 Å². The van der Waals surface area contributed by atoms with Crippen LogP contribution in [-0.2, 0) is 4.79 Å². The van der Waals surface area contributed by atoms with Crippen LogP contribution in [0.15, 0.2) is 12.3 Å². The van der Waals surface area contributed by atoms with Crippen molar-refractivity contribution in [1.29, 1.82) is 0 Å². The molecule has 2 aromatic heterocycles. The number of nitrogens with one attached hydrogen (secondary N) is 2. The highest BCUT2D eigenvalue weighted by molar-refractivity contribution is 7.15. The SMILES string of the molecule is Cc1cc(Nc2ncc(C)s2)nc(C2CCN(C(=O)[C@@H]3CCCCN3)CC2)n1. The molecule has 0 aliphatic carbocycles. The second-order valence-corrected chi connectivity index (χ2v) is 8.99. The largest absolute Gasteiger partial charge is 0.341 e. The topological polar surface area (TPSA) is 83.0 Å². The van der Waals surface area contributed by atoms with Crippen LogP contribution in [0, 0.1) is 13.8 Å². The van der Waals surface area contributed by atoms with Gasteiger partial charge < -0.3 is 15.5 Å². The van der Waals surface area contributed by atoms with Gasteiger partial charge in [-0.15, -0.1) is 11.3 Å². The highest BCUT2D eigenvalue weighted by Gasteiger charge is 2.30. The van der Waals surface area contributed by atoms with Crippen LogP contribution in [-0.4, -0.2) is 51.4 Å². The van der Waals surface area contributed by atoms with E-state index < -0.39 is 0 Å². The predicted molar refractivity (Wildman–Crippen MR) is 111 cm³/mol. The van der Waals surface area contributed by atoms with Crippen LogP contribution in [0.25, 0.3) is 0 Å². The Morgan fingerprint density at radius 3 is 2.71 bits per heavy atom. The van der Waals surface area contributed by atoms with Crippen LogP contribution in [0.3, 0.4) is 0 Å². The average Bonchev–Trinajstić information content (AvgIpc) is 3.12.